The van der Waals surface area contributed by atoms with Crippen molar-refractivity contribution in [2.24, 2.45) is 0 Å². The fourth-order valence-electron chi connectivity index (χ4n) is 1.56. The van der Waals surface area contributed by atoms with Gasteiger partial charge >= 0.3 is 10.4 Å². The van der Waals surface area contributed by atoms with Gasteiger partial charge in [-0.25, -0.2) is 4.18 Å². The molecule has 108 valence electrons. The molecule has 0 aromatic carbocycles. The van der Waals surface area contributed by atoms with Gasteiger partial charge in [0, 0.05) is 0 Å². The predicted molar refractivity (Wildman–Crippen MR) is 73.6 cm³/mol. The summed E-state index contributed by atoms with van der Waals surface area (Å²) >= 11 is 0. The molecular weight excluding hydrogens is 252 g/mol. The van der Waals surface area contributed by atoms with E-state index >= 15 is 0 Å². The molecular formula is C13H26O4S. The number of hydrogen-bond acceptors (Lipinski definition) is 4. The van der Waals surface area contributed by atoms with Crippen molar-refractivity contribution in [3.05, 3.63) is 12.2 Å². The quantitative estimate of drug-likeness (QED) is 0.404. The van der Waals surface area contributed by atoms with Crippen LogP contribution in [-0.2, 0) is 18.8 Å². The molecule has 0 bridgehead atoms. The van der Waals surface area contributed by atoms with Crippen LogP contribution in [0.2, 0.25) is 0 Å². The van der Waals surface area contributed by atoms with Gasteiger partial charge in [-0.2, -0.15) is 8.42 Å². The van der Waals surface area contributed by atoms with Crippen LogP contribution in [-0.4, -0.2) is 22.1 Å². The fraction of sp³-hybridized carbons (Fsp3) is 0.846. The molecule has 4 nitrogen and oxygen atoms in total. The first-order valence-corrected chi connectivity index (χ1v) is 8.05. The molecule has 0 aliphatic rings. The Morgan fingerprint density at radius 1 is 0.944 bits per heavy atom. The van der Waals surface area contributed by atoms with E-state index in [4.69, 9.17) is 0 Å². The van der Waals surface area contributed by atoms with Crippen molar-refractivity contribution in [1.82, 2.24) is 0 Å². The second kappa shape index (κ2) is 11.7. The third kappa shape index (κ3) is 12.1. The second-order valence-corrected chi connectivity index (χ2v) is 5.57. The molecule has 18 heavy (non-hydrogen) atoms. The topological polar surface area (TPSA) is 52.6 Å². The first-order valence-electron chi connectivity index (χ1n) is 6.72. The maximum absolute atomic E-state index is 10.8. The molecule has 0 aliphatic carbocycles. The maximum Gasteiger partial charge on any atom is 0.399 e. The van der Waals surface area contributed by atoms with Crippen molar-refractivity contribution in [3.63, 3.8) is 0 Å². The number of hydrogen-bond donors (Lipinski definition) is 0. The summed E-state index contributed by atoms with van der Waals surface area (Å²) in [4.78, 5) is 0. The van der Waals surface area contributed by atoms with Gasteiger partial charge in [-0.05, 0) is 25.7 Å². The SMILES string of the molecule is CC/C=C/CCCCCCCCOS(=O)(=O)OC. The highest BCUT2D eigenvalue weighted by molar-refractivity contribution is 7.81. The Balaban J connectivity index is 3.19. The van der Waals surface area contributed by atoms with Crippen LogP contribution in [0.3, 0.4) is 0 Å². The normalized spacial score (nSPS) is 12.3. The number of rotatable bonds is 12. The van der Waals surface area contributed by atoms with Crippen LogP contribution >= 0.6 is 0 Å². The molecule has 0 heterocycles. The van der Waals surface area contributed by atoms with Crippen molar-refractivity contribution in [1.29, 1.82) is 0 Å². The average molecular weight is 278 g/mol. The van der Waals surface area contributed by atoms with Crippen LogP contribution < -0.4 is 0 Å². The van der Waals surface area contributed by atoms with E-state index in [-0.39, 0.29) is 6.61 Å². The molecule has 0 saturated carbocycles. The zero-order valence-corrected chi connectivity index (χ0v) is 12.4. The summed E-state index contributed by atoms with van der Waals surface area (Å²) in [5.41, 5.74) is 0. The third-order valence-corrected chi connectivity index (χ3v) is 3.46. The fourth-order valence-corrected chi connectivity index (χ4v) is 1.98. The highest BCUT2D eigenvalue weighted by atomic mass is 32.3. The smallest absolute Gasteiger partial charge is 0.252 e. The molecule has 0 fully saturated rings. The van der Waals surface area contributed by atoms with E-state index in [2.05, 4.69) is 27.4 Å². The van der Waals surface area contributed by atoms with E-state index < -0.39 is 10.4 Å². The zero-order valence-electron chi connectivity index (χ0n) is 11.6. The van der Waals surface area contributed by atoms with Gasteiger partial charge < -0.3 is 0 Å². The Bertz CT molecular complexity index is 296. The minimum absolute atomic E-state index is 0.218. The number of unbranched alkanes of at least 4 members (excludes halogenated alkanes) is 6. The summed E-state index contributed by atoms with van der Waals surface area (Å²) in [5.74, 6) is 0. The summed E-state index contributed by atoms with van der Waals surface area (Å²) in [7, 11) is -2.64. The molecule has 0 aromatic rings. The van der Waals surface area contributed by atoms with Gasteiger partial charge in [0.15, 0.2) is 0 Å². The van der Waals surface area contributed by atoms with Gasteiger partial charge in [0.2, 0.25) is 0 Å². The van der Waals surface area contributed by atoms with E-state index in [0.717, 1.165) is 32.8 Å². The largest absolute Gasteiger partial charge is 0.399 e. The molecule has 0 amide bonds. The van der Waals surface area contributed by atoms with Crippen LogP contribution in [0.5, 0.6) is 0 Å². The molecule has 5 heteroatoms. The lowest BCUT2D eigenvalue weighted by Crippen LogP contribution is -2.08. The van der Waals surface area contributed by atoms with E-state index in [1.807, 2.05) is 0 Å². The molecule has 0 N–H and O–H groups in total. The van der Waals surface area contributed by atoms with Crippen LogP contribution in [0.4, 0.5) is 0 Å². The first kappa shape index (κ1) is 17.6. The highest BCUT2D eigenvalue weighted by Gasteiger charge is 2.07. The van der Waals surface area contributed by atoms with Gasteiger partial charge in [-0.3, -0.25) is 4.18 Å². The minimum Gasteiger partial charge on any atom is -0.252 e. The Kier molecular flexibility index (Phi) is 11.4. The summed E-state index contributed by atoms with van der Waals surface area (Å²) in [6, 6.07) is 0. The minimum atomic E-state index is -3.74. The summed E-state index contributed by atoms with van der Waals surface area (Å²) in [5, 5.41) is 0. The van der Waals surface area contributed by atoms with E-state index in [1.165, 1.54) is 25.7 Å². The Labute approximate surface area is 112 Å². The van der Waals surface area contributed by atoms with Crippen molar-refractivity contribution >= 4 is 10.4 Å². The highest BCUT2D eigenvalue weighted by Crippen LogP contribution is 2.08. The monoisotopic (exact) mass is 278 g/mol. The van der Waals surface area contributed by atoms with Crippen molar-refractivity contribution in [3.8, 4) is 0 Å². The Morgan fingerprint density at radius 3 is 2.17 bits per heavy atom. The van der Waals surface area contributed by atoms with Gasteiger partial charge in [0.25, 0.3) is 0 Å². The standard InChI is InChI=1S/C13H26O4S/c1-3-4-5-6-7-8-9-10-11-12-13-17-18(14,15)16-2/h4-5H,3,6-13H2,1-2H3/b5-4+. The Morgan fingerprint density at radius 2 is 1.56 bits per heavy atom. The van der Waals surface area contributed by atoms with Gasteiger partial charge in [-0.15, -0.1) is 0 Å². The lowest BCUT2D eigenvalue weighted by atomic mass is 10.1. The second-order valence-electron chi connectivity index (χ2n) is 4.19. The lowest BCUT2D eigenvalue weighted by molar-refractivity contribution is 0.238. The molecule has 0 unspecified atom stereocenters. The molecule has 0 rings (SSSR count). The van der Waals surface area contributed by atoms with Crippen LogP contribution in [0.25, 0.3) is 0 Å². The van der Waals surface area contributed by atoms with Crippen molar-refractivity contribution in [2.75, 3.05) is 13.7 Å². The van der Waals surface area contributed by atoms with Crippen LogP contribution in [0.15, 0.2) is 12.2 Å². The van der Waals surface area contributed by atoms with Gasteiger partial charge in [0.05, 0.1) is 13.7 Å². The van der Waals surface area contributed by atoms with Crippen LogP contribution in [0.1, 0.15) is 58.3 Å². The van der Waals surface area contributed by atoms with E-state index in [9.17, 15) is 8.42 Å². The molecule has 0 aromatic heterocycles. The molecule has 0 atom stereocenters. The van der Waals surface area contributed by atoms with Gasteiger partial charge in [0.1, 0.15) is 0 Å². The predicted octanol–water partition coefficient (Wildman–Crippen LogP) is 3.59. The van der Waals surface area contributed by atoms with Crippen molar-refractivity contribution in [2.45, 2.75) is 58.3 Å². The molecule has 0 radical (unpaired) electrons. The maximum atomic E-state index is 10.8. The van der Waals surface area contributed by atoms with Crippen LogP contribution in [0, 0.1) is 0 Å². The van der Waals surface area contributed by atoms with Gasteiger partial charge in [-0.1, -0.05) is 44.8 Å². The number of allylic oxidation sites excluding steroid dienone is 2. The molecule has 0 saturated heterocycles. The average Bonchev–Trinajstić information content (AvgIpc) is 2.36. The Hall–Kier alpha value is -0.390. The lowest BCUT2D eigenvalue weighted by Gasteiger charge is -2.03. The summed E-state index contributed by atoms with van der Waals surface area (Å²) < 4.78 is 30.4. The van der Waals surface area contributed by atoms with E-state index in [0.29, 0.717) is 0 Å². The first-order chi connectivity index (χ1) is 8.62. The molecule has 0 aliphatic heterocycles. The van der Waals surface area contributed by atoms with Crippen molar-refractivity contribution < 1.29 is 16.8 Å². The van der Waals surface area contributed by atoms with E-state index in [1.54, 1.807) is 0 Å². The summed E-state index contributed by atoms with van der Waals surface area (Å²) in [6.45, 7) is 2.36. The third-order valence-electron chi connectivity index (χ3n) is 2.60. The summed E-state index contributed by atoms with van der Waals surface area (Å²) in [6.07, 6.45) is 13.3. The zero-order chi connectivity index (χ0) is 13.7. The molecule has 0 spiro atoms.